The summed E-state index contributed by atoms with van der Waals surface area (Å²) in [5, 5.41) is 2.92. The summed E-state index contributed by atoms with van der Waals surface area (Å²) in [5.41, 5.74) is 1.19. The van der Waals surface area contributed by atoms with Crippen molar-refractivity contribution in [3.63, 3.8) is 0 Å². The van der Waals surface area contributed by atoms with Crippen molar-refractivity contribution in [2.45, 2.75) is 46.3 Å². The molecule has 0 radical (unpaired) electrons. The molecule has 0 aliphatic heterocycles. The van der Waals surface area contributed by atoms with Gasteiger partial charge in [0.15, 0.2) is 0 Å². The lowest BCUT2D eigenvalue weighted by Crippen LogP contribution is -2.21. The molecule has 0 atom stereocenters. The third-order valence-corrected chi connectivity index (χ3v) is 4.27. The van der Waals surface area contributed by atoms with E-state index in [1.807, 2.05) is 58.0 Å². The number of benzene rings is 1. The lowest BCUT2D eigenvalue weighted by molar-refractivity contribution is 0.135. The van der Waals surface area contributed by atoms with E-state index in [1.54, 1.807) is 0 Å². The molecule has 4 nitrogen and oxygen atoms in total. The molecule has 0 spiro atoms. The Morgan fingerprint density at radius 1 is 1.05 bits per heavy atom. The Kier molecular flexibility index (Phi) is 6.73. The van der Waals surface area contributed by atoms with Crippen LogP contribution < -0.4 is 5.09 Å². The molecular formula is C14H24NO3P. The van der Waals surface area contributed by atoms with Gasteiger partial charge >= 0.3 is 7.75 Å². The van der Waals surface area contributed by atoms with Gasteiger partial charge in [-0.3, -0.25) is 9.05 Å². The molecular weight excluding hydrogens is 261 g/mol. The third kappa shape index (κ3) is 6.88. The van der Waals surface area contributed by atoms with Crippen LogP contribution in [0.5, 0.6) is 0 Å². The maximum absolute atomic E-state index is 12.5. The Morgan fingerprint density at radius 2 is 1.58 bits per heavy atom. The van der Waals surface area contributed by atoms with Gasteiger partial charge in [0.2, 0.25) is 0 Å². The molecule has 0 heterocycles. The summed E-state index contributed by atoms with van der Waals surface area (Å²) in [5.74, 6) is 0. The molecule has 1 aromatic rings. The standard InChI is InChI=1S/C14H24NO3P/c1-12(2)17-19(16,18-13(3)4)15-11-10-14-8-6-5-7-9-14/h5-9,12-13H,10-11H2,1-4H3,(H,15,16). The van der Waals surface area contributed by atoms with Crippen molar-refractivity contribution >= 4 is 7.75 Å². The zero-order valence-corrected chi connectivity index (χ0v) is 13.0. The fourth-order valence-corrected chi connectivity index (χ4v) is 3.33. The van der Waals surface area contributed by atoms with Crippen molar-refractivity contribution in [2.75, 3.05) is 6.54 Å². The summed E-state index contributed by atoms with van der Waals surface area (Å²) in [6.45, 7) is 7.93. The maximum atomic E-state index is 12.5. The van der Waals surface area contributed by atoms with Gasteiger partial charge in [-0.05, 0) is 39.7 Å². The number of nitrogens with one attached hydrogen (secondary N) is 1. The first-order valence-electron chi connectivity index (χ1n) is 6.67. The van der Waals surface area contributed by atoms with Crippen LogP contribution in [0.1, 0.15) is 33.3 Å². The van der Waals surface area contributed by atoms with E-state index in [-0.39, 0.29) is 12.2 Å². The van der Waals surface area contributed by atoms with Gasteiger partial charge in [0, 0.05) is 6.54 Å². The Balaban J connectivity index is 2.51. The second-order valence-electron chi connectivity index (χ2n) is 4.95. The minimum atomic E-state index is -3.22. The smallest absolute Gasteiger partial charge is 0.294 e. The van der Waals surface area contributed by atoms with E-state index in [9.17, 15) is 4.57 Å². The minimum absolute atomic E-state index is 0.145. The number of hydrogen-bond donors (Lipinski definition) is 1. The van der Waals surface area contributed by atoms with Crippen molar-refractivity contribution in [1.29, 1.82) is 0 Å². The SMILES string of the molecule is CC(C)OP(=O)(NCCc1ccccc1)OC(C)C. The molecule has 5 heteroatoms. The van der Waals surface area contributed by atoms with Crippen molar-refractivity contribution in [1.82, 2.24) is 5.09 Å². The lowest BCUT2D eigenvalue weighted by atomic mass is 10.2. The molecule has 0 bridgehead atoms. The molecule has 1 N–H and O–H groups in total. The fraction of sp³-hybridized carbons (Fsp3) is 0.571. The van der Waals surface area contributed by atoms with E-state index in [0.717, 1.165) is 6.42 Å². The van der Waals surface area contributed by atoms with Gasteiger partial charge in [0.25, 0.3) is 0 Å². The minimum Gasteiger partial charge on any atom is -0.294 e. The molecule has 108 valence electrons. The highest BCUT2D eigenvalue weighted by atomic mass is 31.2. The van der Waals surface area contributed by atoms with Crippen molar-refractivity contribution in [2.24, 2.45) is 0 Å². The Morgan fingerprint density at radius 3 is 2.05 bits per heavy atom. The first-order chi connectivity index (χ1) is 8.91. The predicted octanol–water partition coefficient (Wildman–Crippen LogP) is 3.78. The Bertz CT molecular complexity index is 392. The van der Waals surface area contributed by atoms with E-state index < -0.39 is 7.75 Å². The molecule has 19 heavy (non-hydrogen) atoms. The van der Waals surface area contributed by atoms with E-state index in [1.165, 1.54) is 5.56 Å². The predicted molar refractivity (Wildman–Crippen MR) is 78.2 cm³/mol. The highest BCUT2D eigenvalue weighted by molar-refractivity contribution is 7.51. The summed E-state index contributed by atoms with van der Waals surface area (Å²) >= 11 is 0. The highest BCUT2D eigenvalue weighted by Crippen LogP contribution is 2.45. The molecule has 0 amide bonds. The fourth-order valence-electron chi connectivity index (χ4n) is 1.64. The highest BCUT2D eigenvalue weighted by Gasteiger charge is 2.26. The van der Waals surface area contributed by atoms with Crippen LogP contribution in [0, 0.1) is 0 Å². The molecule has 0 aliphatic carbocycles. The lowest BCUT2D eigenvalue weighted by Gasteiger charge is -2.23. The van der Waals surface area contributed by atoms with Crippen LogP contribution in [-0.4, -0.2) is 18.8 Å². The van der Waals surface area contributed by atoms with E-state index in [4.69, 9.17) is 9.05 Å². The average Bonchev–Trinajstić information content (AvgIpc) is 2.27. The summed E-state index contributed by atoms with van der Waals surface area (Å²) in [6, 6.07) is 10.0. The second kappa shape index (κ2) is 7.81. The quantitative estimate of drug-likeness (QED) is 0.738. The molecule has 0 aromatic heterocycles. The topological polar surface area (TPSA) is 47.6 Å². The number of rotatable bonds is 8. The third-order valence-electron chi connectivity index (χ3n) is 2.26. The average molecular weight is 285 g/mol. The van der Waals surface area contributed by atoms with Crippen LogP contribution in [0.4, 0.5) is 0 Å². The monoisotopic (exact) mass is 285 g/mol. The van der Waals surface area contributed by atoms with Crippen LogP contribution in [-0.2, 0) is 20.0 Å². The van der Waals surface area contributed by atoms with Gasteiger partial charge in [0.05, 0.1) is 12.2 Å². The van der Waals surface area contributed by atoms with Crippen LogP contribution in [0.3, 0.4) is 0 Å². The normalized spacial score (nSPS) is 12.3. The first kappa shape index (κ1) is 16.4. The van der Waals surface area contributed by atoms with Gasteiger partial charge in [-0.2, -0.15) is 0 Å². The van der Waals surface area contributed by atoms with Crippen LogP contribution in [0.25, 0.3) is 0 Å². The molecule has 0 saturated carbocycles. The van der Waals surface area contributed by atoms with Gasteiger partial charge in [-0.15, -0.1) is 0 Å². The Hall–Kier alpha value is -0.670. The zero-order valence-electron chi connectivity index (χ0n) is 12.1. The van der Waals surface area contributed by atoms with E-state index in [0.29, 0.717) is 6.54 Å². The number of hydrogen-bond acceptors (Lipinski definition) is 3. The van der Waals surface area contributed by atoms with Crippen LogP contribution in [0.2, 0.25) is 0 Å². The summed E-state index contributed by atoms with van der Waals surface area (Å²) in [7, 11) is -3.22. The van der Waals surface area contributed by atoms with Crippen LogP contribution in [0.15, 0.2) is 30.3 Å². The van der Waals surface area contributed by atoms with Crippen LogP contribution >= 0.6 is 7.75 Å². The van der Waals surface area contributed by atoms with Gasteiger partial charge < -0.3 is 0 Å². The second-order valence-corrected chi connectivity index (χ2v) is 6.68. The van der Waals surface area contributed by atoms with Crippen molar-refractivity contribution < 1.29 is 13.6 Å². The Labute approximate surface area is 116 Å². The molecule has 0 fully saturated rings. The van der Waals surface area contributed by atoms with Gasteiger partial charge in [-0.1, -0.05) is 30.3 Å². The van der Waals surface area contributed by atoms with E-state index in [2.05, 4.69) is 5.09 Å². The molecule has 0 aliphatic rings. The maximum Gasteiger partial charge on any atom is 0.406 e. The zero-order chi connectivity index (χ0) is 14.3. The molecule has 0 saturated heterocycles. The molecule has 1 rings (SSSR count). The molecule has 0 unspecified atom stereocenters. The summed E-state index contributed by atoms with van der Waals surface area (Å²) in [6.07, 6.45) is 0.496. The van der Waals surface area contributed by atoms with Gasteiger partial charge in [-0.25, -0.2) is 9.65 Å². The largest absolute Gasteiger partial charge is 0.406 e. The summed E-state index contributed by atoms with van der Waals surface area (Å²) in [4.78, 5) is 0. The van der Waals surface area contributed by atoms with E-state index >= 15 is 0 Å². The van der Waals surface area contributed by atoms with Crippen molar-refractivity contribution in [3.05, 3.63) is 35.9 Å². The first-order valence-corrected chi connectivity index (χ1v) is 8.21. The van der Waals surface area contributed by atoms with Gasteiger partial charge in [0.1, 0.15) is 0 Å². The molecule has 1 aromatic carbocycles. The summed E-state index contributed by atoms with van der Waals surface area (Å²) < 4.78 is 23.3. The van der Waals surface area contributed by atoms with Crippen molar-refractivity contribution in [3.8, 4) is 0 Å².